The minimum absolute atomic E-state index is 0.0605. The van der Waals surface area contributed by atoms with Gasteiger partial charge in [0, 0.05) is 32.9 Å². The van der Waals surface area contributed by atoms with Gasteiger partial charge < -0.3 is 10.4 Å². The second-order valence-electron chi connectivity index (χ2n) is 8.82. The van der Waals surface area contributed by atoms with Crippen LogP contribution in [0.15, 0.2) is 42.7 Å². The number of nitrogens with one attached hydrogen (secondary N) is 1. The van der Waals surface area contributed by atoms with Crippen molar-refractivity contribution >= 4 is 5.91 Å². The zero-order valence-electron chi connectivity index (χ0n) is 18.7. The standard InChI is InChI=1S/C23H28F2N6O2/c1-16(31-15-20(28-29-31)22(33)8-10-23(24,25)11-9-22)13-26-21(32)18-14-27-30(2)19(18)12-17-6-4-3-5-7-17/h3-7,14-16,33H,8-13H2,1-2H3,(H,26,32). The fraction of sp³-hybridized carbons (Fsp3) is 0.478. The summed E-state index contributed by atoms with van der Waals surface area (Å²) in [6.45, 7) is 2.13. The van der Waals surface area contributed by atoms with Crippen molar-refractivity contribution in [1.82, 2.24) is 30.1 Å². The molecule has 1 fully saturated rings. The Morgan fingerprint density at radius 1 is 1.21 bits per heavy atom. The molecular formula is C23H28F2N6O2. The van der Waals surface area contributed by atoms with Crippen LogP contribution in [0.2, 0.25) is 0 Å². The molecule has 0 bridgehead atoms. The smallest absolute Gasteiger partial charge is 0.254 e. The van der Waals surface area contributed by atoms with Crippen molar-refractivity contribution in [2.75, 3.05) is 6.54 Å². The first-order chi connectivity index (χ1) is 15.7. The summed E-state index contributed by atoms with van der Waals surface area (Å²) in [7, 11) is 1.81. The normalized spacial score (nSPS) is 18.1. The predicted octanol–water partition coefficient (Wildman–Crippen LogP) is 2.99. The third kappa shape index (κ3) is 5.11. The maximum atomic E-state index is 13.5. The van der Waals surface area contributed by atoms with Gasteiger partial charge in [0.2, 0.25) is 5.92 Å². The molecule has 10 heteroatoms. The van der Waals surface area contributed by atoms with Crippen LogP contribution in [0.1, 0.15) is 66.0 Å². The highest BCUT2D eigenvalue weighted by atomic mass is 19.3. The van der Waals surface area contributed by atoms with E-state index in [-0.39, 0.29) is 49.9 Å². The lowest BCUT2D eigenvalue weighted by Gasteiger charge is -2.34. The molecule has 0 radical (unpaired) electrons. The lowest BCUT2D eigenvalue weighted by Crippen LogP contribution is -2.36. The number of hydrogen-bond donors (Lipinski definition) is 2. The van der Waals surface area contributed by atoms with Crippen molar-refractivity contribution in [1.29, 1.82) is 0 Å². The number of carbonyl (C=O) groups is 1. The Labute approximate surface area is 190 Å². The molecule has 1 aliphatic carbocycles. The Hall–Kier alpha value is -3.14. The average molecular weight is 459 g/mol. The maximum absolute atomic E-state index is 13.5. The summed E-state index contributed by atoms with van der Waals surface area (Å²) in [5, 5.41) is 26.0. The van der Waals surface area contributed by atoms with Crippen LogP contribution in [0, 0.1) is 0 Å². The fourth-order valence-corrected chi connectivity index (χ4v) is 4.07. The molecule has 1 saturated carbocycles. The quantitative estimate of drug-likeness (QED) is 0.567. The summed E-state index contributed by atoms with van der Waals surface area (Å²) in [6, 6.07) is 9.60. The van der Waals surface area contributed by atoms with Gasteiger partial charge in [0.1, 0.15) is 11.3 Å². The van der Waals surface area contributed by atoms with Gasteiger partial charge in [-0.1, -0.05) is 35.5 Å². The monoisotopic (exact) mass is 458 g/mol. The average Bonchev–Trinajstić information content (AvgIpc) is 3.43. The minimum atomic E-state index is -2.74. The van der Waals surface area contributed by atoms with Gasteiger partial charge in [0.15, 0.2) is 0 Å². The van der Waals surface area contributed by atoms with Crippen molar-refractivity contribution in [2.24, 2.45) is 7.05 Å². The number of aryl methyl sites for hydroxylation is 1. The number of carbonyl (C=O) groups excluding carboxylic acids is 1. The van der Waals surface area contributed by atoms with E-state index in [1.54, 1.807) is 24.1 Å². The molecule has 2 heterocycles. The summed E-state index contributed by atoms with van der Waals surface area (Å²) < 4.78 is 30.2. The van der Waals surface area contributed by atoms with E-state index in [4.69, 9.17) is 0 Å². The van der Waals surface area contributed by atoms with Crippen LogP contribution < -0.4 is 5.32 Å². The zero-order chi connectivity index (χ0) is 23.6. The van der Waals surface area contributed by atoms with Crippen molar-refractivity contribution in [3.8, 4) is 0 Å². The number of nitrogens with zero attached hydrogens (tertiary/aromatic N) is 5. The molecule has 1 atom stereocenters. The van der Waals surface area contributed by atoms with E-state index in [1.807, 2.05) is 37.3 Å². The van der Waals surface area contributed by atoms with Crippen molar-refractivity contribution in [2.45, 2.75) is 56.6 Å². The lowest BCUT2D eigenvalue weighted by molar-refractivity contribution is -0.108. The molecule has 8 nitrogen and oxygen atoms in total. The van der Waals surface area contributed by atoms with Gasteiger partial charge in [-0.15, -0.1) is 5.10 Å². The van der Waals surface area contributed by atoms with E-state index < -0.39 is 11.5 Å². The van der Waals surface area contributed by atoms with Crippen LogP contribution in [0.4, 0.5) is 8.78 Å². The van der Waals surface area contributed by atoms with Crippen LogP contribution in [-0.4, -0.2) is 48.3 Å². The molecule has 33 heavy (non-hydrogen) atoms. The molecule has 2 aromatic heterocycles. The first kappa shape index (κ1) is 23.0. The number of aliphatic hydroxyl groups is 1. The molecule has 0 spiro atoms. The molecule has 2 N–H and O–H groups in total. The van der Waals surface area contributed by atoms with E-state index in [9.17, 15) is 18.7 Å². The van der Waals surface area contributed by atoms with E-state index in [0.717, 1.165) is 11.3 Å². The van der Waals surface area contributed by atoms with Gasteiger partial charge in [-0.2, -0.15) is 5.10 Å². The third-order valence-electron chi connectivity index (χ3n) is 6.33. The minimum Gasteiger partial charge on any atom is -0.383 e. The molecule has 1 aromatic carbocycles. The molecule has 0 aliphatic heterocycles. The van der Waals surface area contributed by atoms with Gasteiger partial charge in [0.25, 0.3) is 5.91 Å². The van der Waals surface area contributed by atoms with Gasteiger partial charge >= 0.3 is 0 Å². The highest BCUT2D eigenvalue weighted by Gasteiger charge is 2.44. The fourth-order valence-electron chi connectivity index (χ4n) is 4.07. The van der Waals surface area contributed by atoms with Gasteiger partial charge in [-0.05, 0) is 25.3 Å². The Balaban J connectivity index is 1.38. The summed E-state index contributed by atoms with van der Waals surface area (Å²) in [5.41, 5.74) is 1.28. The number of rotatable bonds is 7. The van der Waals surface area contributed by atoms with Crippen LogP contribution in [0.3, 0.4) is 0 Å². The van der Waals surface area contributed by atoms with E-state index >= 15 is 0 Å². The summed E-state index contributed by atoms with van der Waals surface area (Å²) in [5.74, 6) is -2.99. The van der Waals surface area contributed by atoms with Crippen LogP contribution in [0.25, 0.3) is 0 Å². The van der Waals surface area contributed by atoms with Crippen LogP contribution in [0.5, 0.6) is 0 Å². The molecular weight excluding hydrogens is 430 g/mol. The number of halogens is 2. The van der Waals surface area contributed by atoms with Crippen molar-refractivity contribution < 1.29 is 18.7 Å². The molecule has 1 unspecified atom stereocenters. The molecule has 3 aromatic rings. The molecule has 1 amide bonds. The van der Waals surface area contributed by atoms with Crippen molar-refractivity contribution in [3.05, 3.63) is 65.2 Å². The first-order valence-electron chi connectivity index (χ1n) is 11.0. The first-order valence-corrected chi connectivity index (χ1v) is 11.0. The number of hydrogen-bond acceptors (Lipinski definition) is 5. The third-order valence-corrected chi connectivity index (χ3v) is 6.33. The van der Waals surface area contributed by atoms with E-state index in [2.05, 4.69) is 20.7 Å². The number of amides is 1. The van der Waals surface area contributed by atoms with Crippen LogP contribution in [-0.2, 0) is 19.1 Å². The number of alkyl halides is 2. The number of aromatic nitrogens is 5. The maximum Gasteiger partial charge on any atom is 0.254 e. The summed E-state index contributed by atoms with van der Waals surface area (Å²) >= 11 is 0. The Kier molecular flexibility index (Phi) is 6.29. The van der Waals surface area contributed by atoms with E-state index in [0.29, 0.717) is 12.0 Å². The second-order valence-corrected chi connectivity index (χ2v) is 8.82. The van der Waals surface area contributed by atoms with Gasteiger partial charge in [-0.25, -0.2) is 13.5 Å². The Morgan fingerprint density at radius 2 is 1.91 bits per heavy atom. The van der Waals surface area contributed by atoms with Crippen molar-refractivity contribution in [3.63, 3.8) is 0 Å². The number of benzene rings is 1. The van der Waals surface area contributed by atoms with Gasteiger partial charge in [-0.3, -0.25) is 9.48 Å². The predicted molar refractivity (Wildman–Crippen MR) is 117 cm³/mol. The summed E-state index contributed by atoms with van der Waals surface area (Å²) in [6.07, 6.45) is 2.84. The topological polar surface area (TPSA) is 97.9 Å². The lowest BCUT2D eigenvalue weighted by atomic mass is 9.81. The molecule has 0 saturated heterocycles. The van der Waals surface area contributed by atoms with E-state index in [1.165, 1.54) is 4.68 Å². The molecule has 4 rings (SSSR count). The zero-order valence-corrected chi connectivity index (χ0v) is 18.7. The van der Waals surface area contributed by atoms with Gasteiger partial charge in [0.05, 0.1) is 29.7 Å². The largest absolute Gasteiger partial charge is 0.383 e. The highest BCUT2D eigenvalue weighted by Crippen LogP contribution is 2.43. The SMILES string of the molecule is CC(CNC(=O)c1cnn(C)c1Cc1ccccc1)n1cc(C2(O)CCC(F)(F)CC2)nn1. The summed E-state index contributed by atoms with van der Waals surface area (Å²) in [4.78, 5) is 12.8. The second kappa shape index (κ2) is 9.01. The van der Waals surface area contributed by atoms with Crippen LogP contribution >= 0.6 is 0 Å². The highest BCUT2D eigenvalue weighted by molar-refractivity contribution is 5.95. The molecule has 1 aliphatic rings. The Morgan fingerprint density at radius 3 is 2.61 bits per heavy atom. The molecule has 176 valence electrons. The Bertz CT molecular complexity index is 1100.